The molecule has 0 bridgehead atoms. The first-order valence-electron chi connectivity index (χ1n) is 2.39. The Balaban J connectivity index is 2.80. The molecule has 0 aromatic heterocycles. The lowest BCUT2D eigenvalue weighted by Crippen LogP contribution is -1.97. The molecular weight excluding hydrogens is 120 g/mol. The van der Waals surface area contributed by atoms with E-state index in [1.165, 1.54) is 0 Å². The van der Waals surface area contributed by atoms with E-state index in [4.69, 9.17) is 0 Å². The number of carbonyl (C=O) groups is 1. The van der Waals surface area contributed by atoms with Crippen molar-refractivity contribution >= 4 is 18.4 Å². The van der Waals surface area contributed by atoms with Crippen LogP contribution >= 0.6 is 12.6 Å². The van der Waals surface area contributed by atoms with Crippen molar-refractivity contribution in [2.24, 2.45) is 0 Å². The number of allylic oxidation sites excluding steroid dienone is 4. The summed E-state index contributed by atoms with van der Waals surface area (Å²) in [5.74, 6) is 0.107. The molecule has 0 fully saturated rings. The number of hydrogen-bond donors (Lipinski definition) is 1. The van der Waals surface area contributed by atoms with E-state index >= 15 is 0 Å². The maximum absolute atomic E-state index is 10.6. The number of ketones is 1. The first-order valence-corrected chi connectivity index (χ1v) is 2.84. The molecule has 0 saturated heterocycles. The van der Waals surface area contributed by atoms with Gasteiger partial charge in [0.1, 0.15) is 0 Å². The van der Waals surface area contributed by atoms with Crippen LogP contribution in [-0.4, -0.2) is 5.78 Å². The van der Waals surface area contributed by atoms with Gasteiger partial charge in [0.15, 0.2) is 5.78 Å². The molecule has 0 amide bonds. The highest BCUT2D eigenvalue weighted by atomic mass is 32.1. The van der Waals surface area contributed by atoms with Crippen LogP contribution in [0.25, 0.3) is 0 Å². The van der Waals surface area contributed by atoms with Gasteiger partial charge in [-0.2, -0.15) is 0 Å². The molecule has 1 nitrogen and oxygen atoms in total. The predicted octanol–water partition coefficient (Wildman–Crippen LogP) is 1.33. The van der Waals surface area contributed by atoms with Gasteiger partial charge in [-0.05, 0) is 6.08 Å². The molecule has 2 heteroatoms. The fourth-order valence-electron chi connectivity index (χ4n) is 0.532. The predicted molar refractivity (Wildman–Crippen MR) is 35.8 cm³/mol. The summed E-state index contributed by atoms with van der Waals surface area (Å²) in [6.45, 7) is 0. The van der Waals surface area contributed by atoms with Crippen LogP contribution in [-0.2, 0) is 4.79 Å². The van der Waals surface area contributed by atoms with Crippen LogP contribution in [0.1, 0.15) is 6.42 Å². The zero-order valence-electron chi connectivity index (χ0n) is 4.29. The molecule has 0 aromatic carbocycles. The van der Waals surface area contributed by atoms with E-state index in [-0.39, 0.29) is 5.78 Å². The highest BCUT2D eigenvalue weighted by molar-refractivity contribution is 7.85. The minimum atomic E-state index is 0.107. The maximum Gasteiger partial charge on any atom is 0.172 e. The molecule has 0 saturated carbocycles. The summed E-state index contributed by atoms with van der Waals surface area (Å²) in [6, 6.07) is 0. The molecule has 8 heavy (non-hydrogen) atoms. The highest BCUT2D eigenvalue weighted by Gasteiger charge is 2.03. The van der Waals surface area contributed by atoms with Crippen LogP contribution in [0.15, 0.2) is 23.1 Å². The molecule has 0 aromatic rings. The summed E-state index contributed by atoms with van der Waals surface area (Å²) in [5, 5.41) is 0. The summed E-state index contributed by atoms with van der Waals surface area (Å²) < 4.78 is 0. The van der Waals surface area contributed by atoms with Crippen LogP contribution < -0.4 is 0 Å². The molecule has 0 atom stereocenters. The van der Waals surface area contributed by atoms with E-state index in [0.717, 1.165) is 0 Å². The fraction of sp³-hybridized carbons (Fsp3) is 0.167. The van der Waals surface area contributed by atoms with Crippen molar-refractivity contribution in [2.45, 2.75) is 6.42 Å². The van der Waals surface area contributed by atoms with Gasteiger partial charge in [-0.25, -0.2) is 0 Å². The average molecular weight is 126 g/mol. The molecule has 0 unspecified atom stereocenters. The standard InChI is InChI=1S/C6H6OS/c7-5-3-1-2-4-6(5)8/h1-2,4,8H,3H2. The second-order valence-electron chi connectivity index (χ2n) is 1.61. The van der Waals surface area contributed by atoms with Crippen LogP contribution in [0.4, 0.5) is 0 Å². The van der Waals surface area contributed by atoms with Crippen molar-refractivity contribution in [3.05, 3.63) is 23.1 Å². The monoisotopic (exact) mass is 126 g/mol. The first-order chi connectivity index (χ1) is 3.80. The lowest BCUT2D eigenvalue weighted by molar-refractivity contribution is -0.114. The molecule has 1 rings (SSSR count). The van der Waals surface area contributed by atoms with Gasteiger partial charge in [-0.15, -0.1) is 12.6 Å². The molecule has 0 aliphatic heterocycles. The fourth-order valence-corrected chi connectivity index (χ4v) is 0.709. The summed E-state index contributed by atoms with van der Waals surface area (Å²) in [6.07, 6.45) is 5.87. The third-order valence-electron chi connectivity index (χ3n) is 0.979. The van der Waals surface area contributed by atoms with Crippen molar-refractivity contribution in [1.82, 2.24) is 0 Å². The van der Waals surface area contributed by atoms with Crippen molar-refractivity contribution < 1.29 is 4.79 Å². The number of hydrogen-bond acceptors (Lipinski definition) is 2. The second kappa shape index (κ2) is 2.18. The Morgan fingerprint density at radius 3 is 2.75 bits per heavy atom. The zero-order chi connectivity index (χ0) is 5.98. The minimum Gasteiger partial charge on any atom is -0.293 e. The van der Waals surface area contributed by atoms with Gasteiger partial charge in [0.25, 0.3) is 0 Å². The quantitative estimate of drug-likeness (QED) is 0.484. The Bertz CT molecular complexity index is 167. The summed E-state index contributed by atoms with van der Waals surface area (Å²) >= 11 is 3.92. The van der Waals surface area contributed by atoms with E-state index in [2.05, 4.69) is 12.6 Å². The Hall–Kier alpha value is -0.500. The minimum absolute atomic E-state index is 0.107. The SMILES string of the molecule is O=C1CC=CC=C1S. The summed E-state index contributed by atoms with van der Waals surface area (Å²) in [4.78, 5) is 11.2. The summed E-state index contributed by atoms with van der Waals surface area (Å²) in [7, 11) is 0. The molecule has 42 valence electrons. The van der Waals surface area contributed by atoms with E-state index in [1.807, 2.05) is 12.2 Å². The van der Waals surface area contributed by atoms with Crippen molar-refractivity contribution in [3.8, 4) is 0 Å². The van der Waals surface area contributed by atoms with Gasteiger partial charge >= 0.3 is 0 Å². The lowest BCUT2D eigenvalue weighted by Gasteiger charge is -1.97. The van der Waals surface area contributed by atoms with Gasteiger partial charge in [-0.1, -0.05) is 12.2 Å². The van der Waals surface area contributed by atoms with Gasteiger partial charge in [-0.3, -0.25) is 4.79 Å². The van der Waals surface area contributed by atoms with Crippen molar-refractivity contribution in [1.29, 1.82) is 0 Å². The molecule has 1 aliphatic rings. The van der Waals surface area contributed by atoms with E-state index in [9.17, 15) is 4.79 Å². The molecule has 1 aliphatic carbocycles. The van der Waals surface area contributed by atoms with Crippen LogP contribution in [0.5, 0.6) is 0 Å². The number of rotatable bonds is 0. The Labute approximate surface area is 53.5 Å². The van der Waals surface area contributed by atoms with Crippen LogP contribution in [0.2, 0.25) is 0 Å². The third-order valence-corrected chi connectivity index (χ3v) is 1.38. The largest absolute Gasteiger partial charge is 0.293 e. The highest BCUT2D eigenvalue weighted by Crippen LogP contribution is 2.09. The van der Waals surface area contributed by atoms with E-state index in [1.54, 1.807) is 6.08 Å². The smallest absolute Gasteiger partial charge is 0.172 e. The van der Waals surface area contributed by atoms with Crippen molar-refractivity contribution in [2.75, 3.05) is 0 Å². The Kier molecular flexibility index (Phi) is 1.53. The third kappa shape index (κ3) is 1.01. The Morgan fingerprint density at radius 1 is 1.62 bits per heavy atom. The van der Waals surface area contributed by atoms with Gasteiger partial charge in [0, 0.05) is 11.3 Å². The first kappa shape index (κ1) is 5.63. The number of Topliss-reactive ketones (excluding diaryl/α,β-unsaturated/α-hetero) is 1. The van der Waals surface area contributed by atoms with E-state index in [0.29, 0.717) is 11.3 Å². The normalized spacial score (nSPS) is 18.6. The van der Waals surface area contributed by atoms with Crippen LogP contribution in [0, 0.1) is 0 Å². The molecule has 0 heterocycles. The van der Waals surface area contributed by atoms with Gasteiger partial charge < -0.3 is 0 Å². The average Bonchev–Trinajstić information content (AvgIpc) is 1.77. The van der Waals surface area contributed by atoms with Gasteiger partial charge in [0.05, 0.1) is 0 Å². The zero-order valence-corrected chi connectivity index (χ0v) is 5.19. The maximum atomic E-state index is 10.6. The van der Waals surface area contributed by atoms with Crippen molar-refractivity contribution in [3.63, 3.8) is 0 Å². The molecular formula is C6H6OS. The Morgan fingerprint density at radius 2 is 2.38 bits per heavy atom. The van der Waals surface area contributed by atoms with Crippen LogP contribution in [0.3, 0.4) is 0 Å². The molecule has 0 N–H and O–H groups in total. The topological polar surface area (TPSA) is 17.1 Å². The lowest BCUT2D eigenvalue weighted by atomic mass is 10.2. The number of carbonyl (C=O) groups excluding carboxylic acids is 1. The summed E-state index contributed by atoms with van der Waals surface area (Å²) in [5.41, 5.74) is 0. The molecule has 0 spiro atoms. The number of thiol groups is 1. The second-order valence-corrected chi connectivity index (χ2v) is 2.09. The van der Waals surface area contributed by atoms with E-state index < -0.39 is 0 Å². The van der Waals surface area contributed by atoms with Gasteiger partial charge in [0.2, 0.25) is 0 Å². The molecule has 0 radical (unpaired) electrons.